The average Bonchev–Trinajstić information content (AvgIpc) is 2.45. The van der Waals surface area contributed by atoms with Crippen LogP contribution in [0.25, 0.3) is 11.1 Å². The number of nitro groups is 1. The summed E-state index contributed by atoms with van der Waals surface area (Å²) in [5.41, 5.74) is -1.40. The van der Waals surface area contributed by atoms with Gasteiger partial charge in [-0.2, -0.15) is 0 Å². The third-order valence-corrected chi connectivity index (χ3v) is 2.81. The maximum absolute atomic E-state index is 12.4. The van der Waals surface area contributed by atoms with E-state index in [1.165, 1.54) is 18.2 Å². The molecule has 134 valence electrons. The highest BCUT2D eigenvalue weighted by Gasteiger charge is 2.35. The SMILES string of the molecule is O=[N+]([O-])c1cc(-c2ccccc2OC(F)(F)F)ccc1OC(F)(F)F. The number of hydrogen-bond donors (Lipinski definition) is 0. The third-order valence-electron chi connectivity index (χ3n) is 2.81. The number of para-hydroxylation sites is 1. The zero-order chi connectivity index (χ0) is 18.8. The molecule has 0 fully saturated rings. The number of halogens is 6. The Kier molecular flexibility index (Phi) is 4.77. The molecule has 0 saturated carbocycles. The number of nitrogens with zero attached hydrogens (tertiary/aromatic N) is 1. The lowest BCUT2D eigenvalue weighted by molar-refractivity contribution is -0.388. The van der Waals surface area contributed by atoms with Crippen molar-refractivity contribution in [2.45, 2.75) is 12.7 Å². The van der Waals surface area contributed by atoms with Gasteiger partial charge in [-0.15, -0.1) is 26.3 Å². The van der Waals surface area contributed by atoms with E-state index in [4.69, 9.17) is 0 Å². The fraction of sp³-hybridized carbons (Fsp3) is 0.143. The quantitative estimate of drug-likeness (QED) is 0.431. The summed E-state index contributed by atoms with van der Waals surface area (Å²) in [6, 6.07) is 6.97. The van der Waals surface area contributed by atoms with Crippen molar-refractivity contribution in [3.05, 3.63) is 52.6 Å². The standard InChI is InChI=1S/C14H7F6NO4/c15-13(16,17)24-11-4-2-1-3-9(11)8-5-6-12(25-14(18,19)20)10(7-8)21(22)23/h1-7H. The molecular weight excluding hydrogens is 360 g/mol. The molecule has 0 amide bonds. The molecule has 5 nitrogen and oxygen atoms in total. The first-order valence-corrected chi connectivity index (χ1v) is 6.35. The average molecular weight is 367 g/mol. The van der Waals surface area contributed by atoms with Gasteiger partial charge in [0.2, 0.25) is 5.75 Å². The molecule has 0 aliphatic rings. The van der Waals surface area contributed by atoms with Crippen LogP contribution in [0, 0.1) is 10.1 Å². The first-order chi connectivity index (χ1) is 11.5. The zero-order valence-corrected chi connectivity index (χ0v) is 11.9. The van der Waals surface area contributed by atoms with Crippen molar-refractivity contribution < 1.29 is 40.7 Å². The van der Waals surface area contributed by atoms with Gasteiger partial charge >= 0.3 is 18.4 Å². The van der Waals surface area contributed by atoms with Crippen LogP contribution in [-0.4, -0.2) is 17.6 Å². The number of hydrogen-bond acceptors (Lipinski definition) is 4. The second-order valence-corrected chi connectivity index (χ2v) is 4.53. The van der Waals surface area contributed by atoms with Crippen molar-refractivity contribution in [3.8, 4) is 22.6 Å². The molecule has 0 spiro atoms. The Hall–Kier alpha value is -2.98. The van der Waals surface area contributed by atoms with Crippen LogP contribution in [-0.2, 0) is 0 Å². The lowest BCUT2D eigenvalue weighted by Crippen LogP contribution is -2.18. The second-order valence-electron chi connectivity index (χ2n) is 4.53. The van der Waals surface area contributed by atoms with Crippen LogP contribution < -0.4 is 9.47 Å². The van der Waals surface area contributed by atoms with E-state index < -0.39 is 34.8 Å². The van der Waals surface area contributed by atoms with Gasteiger partial charge in [0, 0.05) is 11.6 Å². The highest BCUT2D eigenvalue weighted by Crippen LogP contribution is 2.39. The van der Waals surface area contributed by atoms with Gasteiger partial charge < -0.3 is 9.47 Å². The summed E-state index contributed by atoms with van der Waals surface area (Å²) in [7, 11) is 0. The summed E-state index contributed by atoms with van der Waals surface area (Å²) >= 11 is 0. The summed E-state index contributed by atoms with van der Waals surface area (Å²) < 4.78 is 81.4. The van der Waals surface area contributed by atoms with Gasteiger partial charge in [-0.1, -0.05) is 24.3 Å². The Bertz CT molecular complexity index is 788. The molecule has 25 heavy (non-hydrogen) atoms. The summed E-state index contributed by atoms with van der Waals surface area (Å²) in [6.07, 6.45) is -10.2. The molecule has 0 aliphatic carbocycles. The number of alkyl halides is 6. The van der Waals surface area contributed by atoms with Gasteiger partial charge in [0.15, 0.2) is 0 Å². The predicted octanol–water partition coefficient (Wildman–Crippen LogP) is 5.06. The monoisotopic (exact) mass is 367 g/mol. The Morgan fingerprint density at radius 2 is 1.40 bits per heavy atom. The Labute approximate surface area is 135 Å². The van der Waals surface area contributed by atoms with Gasteiger partial charge in [-0.25, -0.2) is 0 Å². The summed E-state index contributed by atoms with van der Waals surface area (Å²) in [4.78, 5) is 9.81. The molecule has 2 aromatic rings. The topological polar surface area (TPSA) is 61.6 Å². The molecule has 0 heterocycles. The first-order valence-electron chi connectivity index (χ1n) is 6.35. The molecule has 11 heteroatoms. The van der Waals surface area contributed by atoms with Gasteiger partial charge in [-0.05, 0) is 17.7 Å². The van der Waals surface area contributed by atoms with Crippen LogP contribution in [0.2, 0.25) is 0 Å². The highest BCUT2D eigenvalue weighted by molar-refractivity contribution is 5.74. The second kappa shape index (κ2) is 6.49. The van der Waals surface area contributed by atoms with E-state index in [1.54, 1.807) is 0 Å². The van der Waals surface area contributed by atoms with E-state index in [0.717, 1.165) is 12.1 Å². The van der Waals surface area contributed by atoms with E-state index in [1.807, 2.05) is 0 Å². The lowest BCUT2D eigenvalue weighted by atomic mass is 10.0. The molecule has 2 rings (SSSR count). The van der Waals surface area contributed by atoms with Crippen LogP contribution in [0.4, 0.5) is 32.0 Å². The van der Waals surface area contributed by atoms with Crippen LogP contribution >= 0.6 is 0 Å². The molecule has 0 unspecified atom stereocenters. The van der Waals surface area contributed by atoms with Crippen molar-refractivity contribution in [1.29, 1.82) is 0 Å². The van der Waals surface area contributed by atoms with Gasteiger partial charge in [0.25, 0.3) is 0 Å². The molecule has 2 aromatic carbocycles. The summed E-state index contributed by atoms with van der Waals surface area (Å²) in [6.45, 7) is 0. The van der Waals surface area contributed by atoms with Crippen molar-refractivity contribution in [2.75, 3.05) is 0 Å². The minimum absolute atomic E-state index is 0.152. The molecule has 0 aromatic heterocycles. The highest BCUT2D eigenvalue weighted by atomic mass is 19.4. The van der Waals surface area contributed by atoms with Gasteiger partial charge in [0.1, 0.15) is 5.75 Å². The fourth-order valence-corrected chi connectivity index (χ4v) is 1.96. The fourth-order valence-electron chi connectivity index (χ4n) is 1.96. The smallest absolute Gasteiger partial charge is 0.405 e. The Morgan fingerprint density at radius 1 is 0.840 bits per heavy atom. The normalized spacial score (nSPS) is 11.9. The Balaban J connectivity index is 2.51. The molecule has 0 radical (unpaired) electrons. The largest absolute Gasteiger partial charge is 0.573 e. The lowest BCUT2D eigenvalue weighted by Gasteiger charge is -2.14. The van der Waals surface area contributed by atoms with Crippen molar-refractivity contribution in [2.24, 2.45) is 0 Å². The van der Waals surface area contributed by atoms with Crippen LogP contribution in [0.3, 0.4) is 0 Å². The van der Waals surface area contributed by atoms with E-state index in [9.17, 15) is 36.5 Å². The first kappa shape index (κ1) is 18.4. The summed E-state index contributed by atoms with van der Waals surface area (Å²) in [5, 5.41) is 11.0. The summed E-state index contributed by atoms with van der Waals surface area (Å²) in [5.74, 6) is -1.75. The number of nitro benzene ring substituents is 1. The molecular formula is C14H7F6NO4. The Morgan fingerprint density at radius 3 is 1.96 bits per heavy atom. The van der Waals surface area contributed by atoms with Crippen LogP contribution in [0.5, 0.6) is 11.5 Å². The molecule has 0 saturated heterocycles. The zero-order valence-electron chi connectivity index (χ0n) is 11.9. The van der Waals surface area contributed by atoms with E-state index in [-0.39, 0.29) is 11.1 Å². The van der Waals surface area contributed by atoms with E-state index in [2.05, 4.69) is 9.47 Å². The van der Waals surface area contributed by atoms with Gasteiger partial charge in [0.05, 0.1) is 4.92 Å². The maximum Gasteiger partial charge on any atom is 0.573 e. The minimum Gasteiger partial charge on any atom is -0.405 e. The predicted molar refractivity (Wildman–Crippen MR) is 71.9 cm³/mol. The third kappa shape index (κ3) is 4.99. The molecule has 0 atom stereocenters. The number of ether oxygens (including phenoxy) is 2. The van der Waals surface area contributed by atoms with E-state index in [0.29, 0.717) is 12.1 Å². The molecule has 0 bridgehead atoms. The van der Waals surface area contributed by atoms with Crippen LogP contribution in [0.15, 0.2) is 42.5 Å². The number of benzene rings is 2. The van der Waals surface area contributed by atoms with Crippen molar-refractivity contribution in [1.82, 2.24) is 0 Å². The maximum atomic E-state index is 12.4. The van der Waals surface area contributed by atoms with Crippen LogP contribution in [0.1, 0.15) is 0 Å². The van der Waals surface area contributed by atoms with Gasteiger partial charge in [-0.3, -0.25) is 10.1 Å². The van der Waals surface area contributed by atoms with Crippen molar-refractivity contribution >= 4 is 5.69 Å². The van der Waals surface area contributed by atoms with E-state index >= 15 is 0 Å². The minimum atomic E-state index is -5.16. The number of rotatable bonds is 4. The van der Waals surface area contributed by atoms with Crippen molar-refractivity contribution in [3.63, 3.8) is 0 Å². The molecule has 0 N–H and O–H groups in total. The molecule has 0 aliphatic heterocycles.